The van der Waals surface area contributed by atoms with E-state index in [1.165, 1.54) is 0 Å². The Balaban J connectivity index is 1.97. The standard InChI is InChI=1S/C17H16N2O6/c1-10-13(16(20)24-8-7-19(22)23)14(11-5-3-2-4-6-11)15-12(18-10)9-25-17(15)21/h2-6,14-15H,7-9H2,1H3. The lowest BCUT2D eigenvalue weighted by molar-refractivity contribution is -0.482. The maximum atomic E-state index is 12.5. The summed E-state index contributed by atoms with van der Waals surface area (Å²) in [5.74, 6) is -2.39. The predicted octanol–water partition coefficient (Wildman–Crippen LogP) is 1.49. The molecule has 0 radical (unpaired) electrons. The molecule has 2 heterocycles. The molecule has 3 rings (SSSR count). The largest absolute Gasteiger partial charge is 0.459 e. The van der Waals surface area contributed by atoms with Crippen LogP contribution in [0.2, 0.25) is 0 Å². The number of nitro groups is 1. The van der Waals surface area contributed by atoms with E-state index in [9.17, 15) is 19.7 Å². The topological polar surface area (TPSA) is 108 Å². The second-order valence-electron chi connectivity index (χ2n) is 5.77. The van der Waals surface area contributed by atoms with Crippen LogP contribution in [0.3, 0.4) is 0 Å². The molecule has 1 aromatic rings. The Morgan fingerprint density at radius 3 is 2.76 bits per heavy atom. The molecule has 0 aromatic heterocycles. The number of esters is 2. The molecule has 2 aliphatic heterocycles. The van der Waals surface area contributed by atoms with Crippen molar-refractivity contribution in [3.05, 3.63) is 57.3 Å². The number of allylic oxidation sites excluding steroid dienone is 1. The van der Waals surface area contributed by atoms with E-state index >= 15 is 0 Å². The van der Waals surface area contributed by atoms with Gasteiger partial charge in [-0.2, -0.15) is 0 Å². The van der Waals surface area contributed by atoms with Crippen LogP contribution in [-0.2, 0) is 19.1 Å². The molecule has 2 unspecified atom stereocenters. The van der Waals surface area contributed by atoms with Gasteiger partial charge < -0.3 is 9.47 Å². The summed E-state index contributed by atoms with van der Waals surface area (Å²) < 4.78 is 10.1. The van der Waals surface area contributed by atoms with E-state index < -0.39 is 35.2 Å². The highest BCUT2D eigenvalue weighted by molar-refractivity contribution is 6.12. The van der Waals surface area contributed by atoms with Gasteiger partial charge in [0.1, 0.15) is 12.5 Å². The third-order valence-electron chi connectivity index (χ3n) is 4.21. The second kappa shape index (κ2) is 6.84. The van der Waals surface area contributed by atoms with Crippen molar-refractivity contribution >= 4 is 17.7 Å². The molecular weight excluding hydrogens is 328 g/mol. The van der Waals surface area contributed by atoms with Crippen LogP contribution in [0.15, 0.2) is 46.6 Å². The number of carbonyl (C=O) groups is 2. The van der Waals surface area contributed by atoms with Crippen LogP contribution in [0.4, 0.5) is 0 Å². The number of rotatable bonds is 5. The summed E-state index contributed by atoms with van der Waals surface area (Å²) >= 11 is 0. The van der Waals surface area contributed by atoms with E-state index in [1.807, 2.05) is 30.3 Å². The van der Waals surface area contributed by atoms with Gasteiger partial charge in [-0.25, -0.2) is 4.79 Å². The van der Waals surface area contributed by atoms with Crippen LogP contribution in [0.25, 0.3) is 0 Å². The van der Waals surface area contributed by atoms with E-state index in [-0.39, 0.29) is 18.8 Å². The molecule has 0 N–H and O–H groups in total. The fourth-order valence-corrected chi connectivity index (χ4v) is 3.14. The van der Waals surface area contributed by atoms with Gasteiger partial charge in [0.25, 0.3) is 0 Å². The number of aliphatic imine (C=N–C) groups is 1. The molecule has 2 aliphatic rings. The third-order valence-corrected chi connectivity index (χ3v) is 4.21. The van der Waals surface area contributed by atoms with Gasteiger partial charge >= 0.3 is 11.9 Å². The number of cyclic esters (lactones) is 1. The number of benzene rings is 1. The van der Waals surface area contributed by atoms with Crippen molar-refractivity contribution in [1.82, 2.24) is 0 Å². The number of ether oxygens (including phenoxy) is 2. The van der Waals surface area contributed by atoms with Gasteiger partial charge in [-0.05, 0) is 12.5 Å². The molecule has 0 amide bonds. The Morgan fingerprint density at radius 1 is 1.36 bits per heavy atom. The Bertz CT molecular complexity index is 784. The van der Waals surface area contributed by atoms with E-state index in [0.29, 0.717) is 11.4 Å². The maximum absolute atomic E-state index is 12.5. The zero-order valence-electron chi connectivity index (χ0n) is 13.5. The first kappa shape index (κ1) is 16.8. The van der Waals surface area contributed by atoms with Gasteiger partial charge in [0.15, 0.2) is 6.61 Å². The lowest BCUT2D eigenvalue weighted by Gasteiger charge is -2.28. The van der Waals surface area contributed by atoms with Gasteiger partial charge in [0, 0.05) is 16.5 Å². The first-order valence-electron chi connectivity index (χ1n) is 7.77. The van der Waals surface area contributed by atoms with Gasteiger partial charge in [0.2, 0.25) is 6.54 Å². The summed E-state index contributed by atoms with van der Waals surface area (Å²) in [4.78, 5) is 38.9. The SMILES string of the molecule is CC1=C(C(=O)OCC[N+](=O)[O-])C(c2ccccc2)C2C(=O)OCC2=N1. The minimum absolute atomic E-state index is 0.105. The van der Waals surface area contributed by atoms with Crippen LogP contribution in [0.5, 0.6) is 0 Å². The Kier molecular flexibility index (Phi) is 4.60. The molecule has 25 heavy (non-hydrogen) atoms. The molecule has 2 atom stereocenters. The van der Waals surface area contributed by atoms with Crippen molar-refractivity contribution in [2.75, 3.05) is 19.8 Å². The number of nitrogens with zero attached hydrogens (tertiary/aromatic N) is 2. The smallest absolute Gasteiger partial charge is 0.336 e. The number of fused-ring (bicyclic) bond motifs is 1. The van der Waals surface area contributed by atoms with Crippen molar-refractivity contribution in [3.63, 3.8) is 0 Å². The van der Waals surface area contributed by atoms with Crippen molar-refractivity contribution in [2.24, 2.45) is 10.9 Å². The summed E-state index contributed by atoms with van der Waals surface area (Å²) in [5.41, 5.74) is 2.02. The molecule has 8 nitrogen and oxygen atoms in total. The Labute approximate surface area is 143 Å². The minimum atomic E-state index is -0.698. The van der Waals surface area contributed by atoms with Crippen LogP contribution >= 0.6 is 0 Å². The monoisotopic (exact) mass is 344 g/mol. The summed E-state index contributed by atoms with van der Waals surface area (Å²) in [6.07, 6.45) is 0. The van der Waals surface area contributed by atoms with Crippen LogP contribution in [-0.4, -0.2) is 42.3 Å². The fraction of sp³-hybridized carbons (Fsp3) is 0.353. The molecule has 0 bridgehead atoms. The molecule has 1 saturated heterocycles. The van der Waals surface area contributed by atoms with Crippen molar-refractivity contribution < 1.29 is 24.0 Å². The van der Waals surface area contributed by atoms with Crippen molar-refractivity contribution in [3.8, 4) is 0 Å². The minimum Gasteiger partial charge on any atom is -0.459 e. The lowest BCUT2D eigenvalue weighted by Crippen LogP contribution is -2.33. The van der Waals surface area contributed by atoms with Crippen LogP contribution in [0.1, 0.15) is 18.4 Å². The number of hydrogen-bond donors (Lipinski definition) is 0. The van der Waals surface area contributed by atoms with Gasteiger partial charge in [-0.15, -0.1) is 0 Å². The molecule has 130 valence electrons. The zero-order chi connectivity index (χ0) is 18.0. The number of carbonyl (C=O) groups excluding carboxylic acids is 2. The van der Waals surface area contributed by atoms with Crippen LogP contribution in [0, 0.1) is 16.0 Å². The molecule has 0 saturated carbocycles. The van der Waals surface area contributed by atoms with Gasteiger partial charge in [0.05, 0.1) is 11.3 Å². The van der Waals surface area contributed by atoms with E-state index in [2.05, 4.69) is 4.99 Å². The fourth-order valence-electron chi connectivity index (χ4n) is 3.14. The molecule has 0 aliphatic carbocycles. The summed E-state index contributed by atoms with van der Waals surface area (Å²) in [6.45, 7) is 0.948. The maximum Gasteiger partial charge on any atom is 0.336 e. The van der Waals surface area contributed by atoms with Gasteiger partial charge in [-0.1, -0.05) is 30.3 Å². The Morgan fingerprint density at radius 2 is 2.08 bits per heavy atom. The van der Waals surface area contributed by atoms with E-state index in [4.69, 9.17) is 9.47 Å². The average Bonchev–Trinajstić information content (AvgIpc) is 2.94. The molecule has 0 spiro atoms. The number of hydrogen-bond acceptors (Lipinski definition) is 7. The average molecular weight is 344 g/mol. The predicted molar refractivity (Wildman–Crippen MR) is 86.6 cm³/mol. The van der Waals surface area contributed by atoms with Crippen molar-refractivity contribution in [2.45, 2.75) is 12.8 Å². The zero-order valence-corrected chi connectivity index (χ0v) is 13.5. The van der Waals surface area contributed by atoms with Crippen LogP contribution < -0.4 is 0 Å². The summed E-state index contributed by atoms with van der Waals surface area (Å²) in [7, 11) is 0. The third kappa shape index (κ3) is 3.28. The molecule has 8 heteroatoms. The normalized spacial score (nSPS) is 22.1. The quantitative estimate of drug-likeness (QED) is 0.455. The first-order chi connectivity index (χ1) is 12.0. The highest BCUT2D eigenvalue weighted by Gasteiger charge is 2.47. The summed E-state index contributed by atoms with van der Waals surface area (Å²) in [6, 6.07) is 9.09. The van der Waals surface area contributed by atoms with Gasteiger partial charge in [-0.3, -0.25) is 19.9 Å². The summed E-state index contributed by atoms with van der Waals surface area (Å²) in [5, 5.41) is 10.4. The van der Waals surface area contributed by atoms with E-state index in [0.717, 1.165) is 5.56 Å². The second-order valence-corrected chi connectivity index (χ2v) is 5.77. The lowest BCUT2D eigenvalue weighted by atomic mass is 9.76. The first-order valence-corrected chi connectivity index (χ1v) is 7.77. The molecular formula is C17H16N2O6. The highest BCUT2D eigenvalue weighted by Crippen LogP contribution is 2.41. The van der Waals surface area contributed by atoms with E-state index in [1.54, 1.807) is 6.92 Å². The highest BCUT2D eigenvalue weighted by atomic mass is 16.6. The molecule has 1 aromatic carbocycles. The Hall–Kier alpha value is -3.03. The molecule has 1 fully saturated rings. The van der Waals surface area contributed by atoms with Crippen molar-refractivity contribution in [1.29, 1.82) is 0 Å².